The molecule has 0 saturated heterocycles. The summed E-state index contributed by atoms with van der Waals surface area (Å²) < 4.78 is 9.77. The quantitative estimate of drug-likeness (QED) is 0.663. The second kappa shape index (κ2) is 6.80. The Labute approximate surface area is 115 Å². The molecule has 6 heteroatoms. The molecule has 0 aliphatic carbocycles. The molecule has 1 atom stereocenters. The zero-order chi connectivity index (χ0) is 14.4. The highest BCUT2D eigenvalue weighted by atomic mass is 35.5. The molecule has 1 aromatic rings. The third kappa shape index (κ3) is 4.63. The van der Waals surface area contributed by atoms with Gasteiger partial charge in [-0.25, -0.2) is 9.59 Å². The number of esters is 2. The maximum Gasteiger partial charge on any atom is 0.338 e. The molecule has 0 aromatic heterocycles. The second-order valence-electron chi connectivity index (χ2n) is 3.72. The van der Waals surface area contributed by atoms with Crippen molar-refractivity contribution in [2.45, 2.75) is 13.0 Å². The van der Waals surface area contributed by atoms with E-state index in [0.717, 1.165) is 6.08 Å². The molecule has 0 bridgehead atoms. The van der Waals surface area contributed by atoms with Crippen molar-refractivity contribution in [3.05, 3.63) is 41.4 Å². The highest BCUT2D eigenvalue weighted by Gasteiger charge is 2.13. The third-order valence-electron chi connectivity index (χ3n) is 2.12. The van der Waals surface area contributed by atoms with Crippen LogP contribution in [0.1, 0.15) is 17.3 Å². The van der Waals surface area contributed by atoms with Crippen molar-refractivity contribution in [3.63, 3.8) is 0 Å². The number of hydrogen-bond donors (Lipinski definition) is 1. The second-order valence-corrected chi connectivity index (χ2v) is 4.12. The van der Waals surface area contributed by atoms with Crippen molar-refractivity contribution in [3.8, 4) is 5.75 Å². The van der Waals surface area contributed by atoms with Gasteiger partial charge in [-0.3, -0.25) is 0 Å². The summed E-state index contributed by atoms with van der Waals surface area (Å²) in [5, 5.41) is 9.28. The highest BCUT2D eigenvalue weighted by molar-refractivity contribution is 6.32. The molecule has 19 heavy (non-hydrogen) atoms. The van der Waals surface area contributed by atoms with Gasteiger partial charge in [-0.2, -0.15) is 0 Å². The lowest BCUT2D eigenvalue weighted by molar-refractivity contribution is -0.144. The molecule has 0 heterocycles. The molecule has 0 amide bonds. The average molecular weight is 285 g/mol. The number of phenolic OH excluding ortho intramolecular Hbond substituents is 1. The molecular formula is C13H13ClO5. The Bertz CT molecular complexity index is 498. The fourth-order valence-electron chi connectivity index (χ4n) is 1.19. The number of ether oxygens (including phenoxy) is 2. The van der Waals surface area contributed by atoms with Gasteiger partial charge in [0, 0.05) is 6.08 Å². The zero-order valence-electron chi connectivity index (χ0n) is 10.3. The Morgan fingerprint density at radius 2 is 2.21 bits per heavy atom. The first-order chi connectivity index (χ1) is 8.93. The molecule has 0 spiro atoms. The summed E-state index contributed by atoms with van der Waals surface area (Å²) in [4.78, 5) is 22.5. The maximum absolute atomic E-state index is 11.6. The molecule has 0 aliphatic heterocycles. The van der Waals surface area contributed by atoms with Gasteiger partial charge < -0.3 is 14.6 Å². The summed E-state index contributed by atoms with van der Waals surface area (Å²) in [5.41, 5.74) is 0.199. The van der Waals surface area contributed by atoms with E-state index < -0.39 is 18.0 Å². The number of carbonyl (C=O) groups excluding carboxylic acids is 2. The number of halogens is 1. The van der Waals surface area contributed by atoms with Crippen molar-refractivity contribution in [1.82, 2.24) is 0 Å². The topological polar surface area (TPSA) is 72.8 Å². The van der Waals surface area contributed by atoms with Crippen molar-refractivity contribution in [2.24, 2.45) is 0 Å². The van der Waals surface area contributed by atoms with Gasteiger partial charge in [-0.05, 0) is 25.1 Å². The predicted octanol–water partition coefficient (Wildman–Crippen LogP) is 2.32. The summed E-state index contributed by atoms with van der Waals surface area (Å²) in [6, 6.07) is 3.96. The average Bonchev–Trinajstić information content (AvgIpc) is 2.39. The number of aromatic hydroxyl groups is 1. The summed E-state index contributed by atoms with van der Waals surface area (Å²) in [5.74, 6) is -1.33. The number of phenols is 1. The lowest BCUT2D eigenvalue weighted by Gasteiger charge is -2.12. The summed E-state index contributed by atoms with van der Waals surface area (Å²) in [6.07, 6.45) is 0.444. The Balaban J connectivity index is 2.53. The summed E-state index contributed by atoms with van der Waals surface area (Å²) >= 11 is 5.67. The molecule has 5 nitrogen and oxygen atoms in total. The van der Waals surface area contributed by atoms with Crippen LogP contribution in [0.3, 0.4) is 0 Å². The van der Waals surface area contributed by atoms with Crippen LogP contribution in [0.2, 0.25) is 5.02 Å². The monoisotopic (exact) mass is 284 g/mol. The van der Waals surface area contributed by atoms with E-state index in [1.54, 1.807) is 6.92 Å². The van der Waals surface area contributed by atoms with E-state index in [1.165, 1.54) is 18.2 Å². The third-order valence-corrected chi connectivity index (χ3v) is 2.42. The van der Waals surface area contributed by atoms with Gasteiger partial charge in [-0.15, -0.1) is 0 Å². The van der Waals surface area contributed by atoms with Gasteiger partial charge in [0.15, 0.2) is 0 Å². The number of benzene rings is 1. The molecule has 0 radical (unpaired) electrons. The van der Waals surface area contributed by atoms with Crippen LogP contribution in [0.5, 0.6) is 5.75 Å². The van der Waals surface area contributed by atoms with Gasteiger partial charge in [0.1, 0.15) is 18.5 Å². The molecule has 0 aliphatic rings. The first-order valence-corrected chi connectivity index (χ1v) is 5.80. The van der Waals surface area contributed by atoms with Gasteiger partial charge in [0.25, 0.3) is 0 Å². The fraction of sp³-hybridized carbons (Fsp3) is 0.231. The Kier molecular flexibility index (Phi) is 5.38. The SMILES string of the molecule is C=CC(=O)OC(C)COC(=O)c1ccc(O)c(Cl)c1. The zero-order valence-corrected chi connectivity index (χ0v) is 11.0. The molecule has 1 unspecified atom stereocenters. The van der Waals surface area contributed by atoms with E-state index in [0.29, 0.717) is 0 Å². The molecule has 1 aromatic carbocycles. The molecule has 1 N–H and O–H groups in total. The minimum Gasteiger partial charge on any atom is -0.506 e. The molecule has 0 saturated carbocycles. The molecule has 102 valence electrons. The highest BCUT2D eigenvalue weighted by Crippen LogP contribution is 2.23. The van der Waals surface area contributed by atoms with Gasteiger partial charge in [0.2, 0.25) is 0 Å². The Morgan fingerprint density at radius 3 is 2.79 bits per heavy atom. The number of carbonyl (C=O) groups is 2. The predicted molar refractivity (Wildman–Crippen MR) is 69.2 cm³/mol. The van der Waals surface area contributed by atoms with Crippen LogP contribution in [0.15, 0.2) is 30.9 Å². The lowest BCUT2D eigenvalue weighted by atomic mass is 10.2. The normalized spacial score (nSPS) is 11.5. The fourth-order valence-corrected chi connectivity index (χ4v) is 1.37. The Morgan fingerprint density at radius 1 is 1.53 bits per heavy atom. The number of hydrogen-bond acceptors (Lipinski definition) is 5. The van der Waals surface area contributed by atoms with Crippen LogP contribution in [0.25, 0.3) is 0 Å². The van der Waals surface area contributed by atoms with Crippen LogP contribution in [-0.4, -0.2) is 29.8 Å². The van der Waals surface area contributed by atoms with E-state index in [9.17, 15) is 14.7 Å². The van der Waals surface area contributed by atoms with Crippen LogP contribution in [-0.2, 0) is 14.3 Å². The van der Waals surface area contributed by atoms with Crippen LogP contribution >= 0.6 is 11.6 Å². The van der Waals surface area contributed by atoms with Crippen LogP contribution in [0, 0.1) is 0 Å². The first kappa shape index (κ1) is 15.0. The van der Waals surface area contributed by atoms with Gasteiger partial charge in [-0.1, -0.05) is 18.2 Å². The smallest absolute Gasteiger partial charge is 0.338 e. The molecule has 0 fully saturated rings. The van der Waals surface area contributed by atoms with E-state index in [1.807, 2.05) is 0 Å². The van der Waals surface area contributed by atoms with Crippen molar-refractivity contribution < 1.29 is 24.2 Å². The minimum absolute atomic E-state index is 0.0561. The van der Waals surface area contributed by atoms with Crippen molar-refractivity contribution in [1.29, 1.82) is 0 Å². The Hall–Kier alpha value is -2.01. The van der Waals surface area contributed by atoms with E-state index in [-0.39, 0.29) is 22.9 Å². The van der Waals surface area contributed by atoms with Gasteiger partial charge >= 0.3 is 11.9 Å². The lowest BCUT2D eigenvalue weighted by Crippen LogP contribution is -2.21. The minimum atomic E-state index is -0.622. The van der Waals surface area contributed by atoms with E-state index >= 15 is 0 Å². The van der Waals surface area contributed by atoms with E-state index in [4.69, 9.17) is 21.1 Å². The van der Waals surface area contributed by atoms with Crippen LogP contribution in [0.4, 0.5) is 0 Å². The molecule has 1 rings (SSSR count). The van der Waals surface area contributed by atoms with E-state index in [2.05, 4.69) is 6.58 Å². The summed E-state index contributed by atoms with van der Waals surface area (Å²) in [6.45, 7) is 4.75. The van der Waals surface area contributed by atoms with Crippen LogP contribution < -0.4 is 0 Å². The van der Waals surface area contributed by atoms with Crippen molar-refractivity contribution >= 4 is 23.5 Å². The maximum atomic E-state index is 11.6. The van der Waals surface area contributed by atoms with Gasteiger partial charge in [0.05, 0.1) is 10.6 Å². The number of rotatable bonds is 5. The standard InChI is InChI=1S/C13H13ClO5/c1-3-12(16)19-8(2)7-18-13(17)9-4-5-11(15)10(14)6-9/h3-6,8,15H,1,7H2,2H3. The first-order valence-electron chi connectivity index (χ1n) is 5.42. The van der Waals surface area contributed by atoms with Crippen molar-refractivity contribution in [2.75, 3.05) is 6.61 Å². The molecular weight excluding hydrogens is 272 g/mol. The summed E-state index contributed by atoms with van der Waals surface area (Å²) in [7, 11) is 0. The largest absolute Gasteiger partial charge is 0.506 e.